The zero-order valence-corrected chi connectivity index (χ0v) is 30.3. The molecule has 0 bridgehead atoms. The summed E-state index contributed by atoms with van der Waals surface area (Å²) in [5.41, 5.74) is 0.917. The molecule has 3 rings (SSSR count). The van der Waals surface area contributed by atoms with Crippen molar-refractivity contribution in [2.75, 3.05) is 25.2 Å². The fourth-order valence-corrected chi connectivity index (χ4v) is 5.97. The summed E-state index contributed by atoms with van der Waals surface area (Å²) in [5.74, 6) is -6.95. The lowest BCUT2D eigenvalue weighted by molar-refractivity contribution is -0.143. The predicted octanol–water partition coefficient (Wildman–Crippen LogP) is -1.64. The standard InChI is InChI=1S/C35H46N6O12S/c1-54-14-12-24(31(48)41-28(18-42)35(52)53)37-32(49)25(15-19-4-8-21(43)9-5-19)38-33(50)26(16-20-6-10-22(44)11-7-20)39-34(51)27(17-29(45)46)40-30(47)23-3-2-13-36-23/h4-11,23-28,36,42-44H,2-3,12-18H2,1H3,(H,37,49)(H,38,50)(H,39,51)(H,40,47)(H,41,48)(H,45,46)(H,52,53)/t23-,24-,25-,26-,27-,28-/m0/s1. The lowest BCUT2D eigenvalue weighted by atomic mass is 10.0. The van der Waals surface area contributed by atoms with Gasteiger partial charge in [-0.05, 0) is 73.2 Å². The SMILES string of the molecule is CSCC[C@H](NC(=O)[C@H](Cc1ccc(O)cc1)NC(=O)[C@H](Cc1ccc(O)cc1)NC(=O)[C@H](CC(=O)O)NC(=O)[C@@H]1CCCN1)C(=O)N[C@@H](CO)C(=O)O. The van der Waals surface area contributed by atoms with Gasteiger partial charge in [-0.25, -0.2) is 4.79 Å². The number of carbonyl (C=O) groups excluding carboxylic acids is 5. The molecule has 1 heterocycles. The summed E-state index contributed by atoms with van der Waals surface area (Å²) in [7, 11) is 0. The van der Waals surface area contributed by atoms with Crippen LogP contribution < -0.4 is 31.9 Å². The summed E-state index contributed by atoms with van der Waals surface area (Å²) in [6, 6.07) is 3.31. The topological polar surface area (TPSA) is 293 Å². The van der Waals surface area contributed by atoms with Gasteiger partial charge in [0.15, 0.2) is 0 Å². The molecule has 0 saturated carbocycles. The van der Waals surface area contributed by atoms with Crippen LogP contribution in [0.2, 0.25) is 0 Å². The Bertz CT molecular complexity index is 1620. The van der Waals surface area contributed by atoms with Crippen molar-refractivity contribution in [3.8, 4) is 11.5 Å². The van der Waals surface area contributed by atoms with E-state index in [1.165, 1.54) is 60.3 Å². The highest BCUT2D eigenvalue weighted by molar-refractivity contribution is 7.98. The van der Waals surface area contributed by atoms with Gasteiger partial charge in [-0.2, -0.15) is 11.8 Å². The molecule has 0 spiro atoms. The highest BCUT2D eigenvalue weighted by Gasteiger charge is 2.34. The summed E-state index contributed by atoms with van der Waals surface area (Å²) >= 11 is 1.34. The summed E-state index contributed by atoms with van der Waals surface area (Å²) in [4.78, 5) is 90.6. The van der Waals surface area contributed by atoms with Crippen LogP contribution in [0.15, 0.2) is 48.5 Å². The largest absolute Gasteiger partial charge is 0.508 e. The monoisotopic (exact) mass is 774 g/mol. The van der Waals surface area contributed by atoms with E-state index in [1.54, 1.807) is 6.26 Å². The van der Waals surface area contributed by atoms with Gasteiger partial charge in [-0.3, -0.25) is 28.8 Å². The average Bonchev–Trinajstić information content (AvgIpc) is 3.68. The second-order valence-corrected chi connectivity index (χ2v) is 13.6. The highest BCUT2D eigenvalue weighted by atomic mass is 32.2. The second-order valence-electron chi connectivity index (χ2n) is 12.6. The minimum atomic E-state index is -1.65. The maximum Gasteiger partial charge on any atom is 0.328 e. The molecule has 1 fully saturated rings. The number of carboxylic acid groups (broad SMARTS) is 2. The Morgan fingerprint density at radius 1 is 0.704 bits per heavy atom. The van der Waals surface area contributed by atoms with Crippen LogP contribution in [-0.2, 0) is 46.4 Å². The van der Waals surface area contributed by atoms with Crippen molar-refractivity contribution in [3.63, 3.8) is 0 Å². The first-order valence-corrected chi connectivity index (χ1v) is 18.5. The van der Waals surface area contributed by atoms with Gasteiger partial charge in [-0.15, -0.1) is 0 Å². The molecule has 0 aliphatic carbocycles. The maximum atomic E-state index is 14.1. The minimum absolute atomic E-state index is 0.0446. The maximum absolute atomic E-state index is 14.1. The number of amides is 5. The zero-order chi connectivity index (χ0) is 39.8. The van der Waals surface area contributed by atoms with Crippen molar-refractivity contribution in [3.05, 3.63) is 59.7 Å². The van der Waals surface area contributed by atoms with E-state index in [9.17, 15) is 59.1 Å². The van der Waals surface area contributed by atoms with Crippen molar-refractivity contribution in [2.24, 2.45) is 0 Å². The van der Waals surface area contributed by atoms with Crippen molar-refractivity contribution in [1.82, 2.24) is 31.9 Å². The normalized spacial score (nSPS) is 16.4. The molecule has 6 atom stereocenters. The van der Waals surface area contributed by atoms with E-state index in [0.29, 0.717) is 36.3 Å². The zero-order valence-electron chi connectivity index (χ0n) is 29.4. The molecule has 0 unspecified atom stereocenters. The number of phenols is 2. The van der Waals surface area contributed by atoms with E-state index in [4.69, 9.17) is 0 Å². The third-order valence-corrected chi connectivity index (χ3v) is 9.09. The number of thioether (sulfide) groups is 1. The Morgan fingerprint density at radius 3 is 1.59 bits per heavy atom. The summed E-state index contributed by atoms with van der Waals surface area (Å²) < 4.78 is 0. The fourth-order valence-electron chi connectivity index (χ4n) is 5.50. The van der Waals surface area contributed by atoms with E-state index < -0.39 is 90.8 Å². The van der Waals surface area contributed by atoms with Crippen molar-refractivity contribution in [1.29, 1.82) is 0 Å². The molecule has 2 aromatic carbocycles. The number of nitrogens with one attached hydrogen (secondary N) is 6. The predicted molar refractivity (Wildman–Crippen MR) is 194 cm³/mol. The van der Waals surface area contributed by atoms with Crippen LogP contribution >= 0.6 is 11.8 Å². The lowest BCUT2D eigenvalue weighted by Gasteiger charge is -2.27. The number of aromatic hydroxyl groups is 2. The van der Waals surface area contributed by atoms with Crippen LogP contribution in [0.5, 0.6) is 11.5 Å². The molecule has 0 radical (unpaired) electrons. The molecule has 1 aliphatic heterocycles. The molecule has 0 aromatic heterocycles. The van der Waals surface area contributed by atoms with E-state index in [-0.39, 0.29) is 30.8 Å². The third kappa shape index (κ3) is 13.9. The Balaban J connectivity index is 1.93. The fraction of sp³-hybridized carbons (Fsp3) is 0.457. The van der Waals surface area contributed by atoms with Crippen LogP contribution in [0.25, 0.3) is 0 Å². The van der Waals surface area contributed by atoms with Crippen molar-refractivity contribution < 1.29 is 59.1 Å². The Kier molecular flexibility index (Phi) is 17.0. The lowest BCUT2D eigenvalue weighted by Crippen LogP contribution is -2.60. The number of rotatable bonds is 21. The minimum Gasteiger partial charge on any atom is -0.508 e. The van der Waals surface area contributed by atoms with Gasteiger partial charge in [0.2, 0.25) is 29.5 Å². The van der Waals surface area contributed by atoms with Crippen LogP contribution in [0, 0.1) is 0 Å². The van der Waals surface area contributed by atoms with E-state index in [0.717, 1.165) is 0 Å². The molecule has 1 aliphatic rings. The van der Waals surface area contributed by atoms with Crippen molar-refractivity contribution in [2.45, 2.75) is 74.8 Å². The molecule has 2 aromatic rings. The number of carboxylic acids is 2. The first-order valence-electron chi connectivity index (χ1n) is 17.1. The second kappa shape index (κ2) is 21.3. The number of aliphatic hydroxyl groups excluding tert-OH is 1. The van der Waals surface area contributed by atoms with Gasteiger partial charge in [0.05, 0.1) is 19.1 Å². The first-order chi connectivity index (χ1) is 25.7. The Labute approximate surface area is 314 Å². The van der Waals surface area contributed by atoms with Gasteiger partial charge in [-0.1, -0.05) is 24.3 Å². The molecule has 54 heavy (non-hydrogen) atoms. The molecule has 294 valence electrons. The molecular weight excluding hydrogens is 728 g/mol. The number of hydrogen-bond donors (Lipinski definition) is 11. The third-order valence-electron chi connectivity index (χ3n) is 8.45. The van der Waals surface area contributed by atoms with E-state index >= 15 is 0 Å². The van der Waals surface area contributed by atoms with Gasteiger partial charge in [0, 0.05) is 12.8 Å². The molecule has 18 nitrogen and oxygen atoms in total. The Morgan fingerprint density at radius 2 is 1.17 bits per heavy atom. The number of aliphatic hydroxyl groups is 1. The summed E-state index contributed by atoms with van der Waals surface area (Å²) in [6.07, 6.45) is 1.78. The smallest absolute Gasteiger partial charge is 0.328 e. The van der Waals surface area contributed by atoms with Gasteiger partial charge < -0.3 is 57.4 Å². The quantitative estimate of drug-likeness (QED) is 0.0679. The molecule has 11 N–H and O–H groups in total. The van der Waals surface area contributed by atoms with E-state index in [2.05, 4.69) is 31.9 Å². The van der Waals surface area contributed by atoms with Crippen LogP contribution in [0.1, 0.15) is 36.8 Å². The van der Waals surface area contributed by atoms with Crippen LogP contribution in [-0.4, -0.2) is 128 Å². The first kappa shape index (κ1) is 43.0. The van der Waals surface area contributed by atoms with Crippen LogP contribution in [0.4, 0.5) is 0 Å². The molecule has 19 heteroatoms. The number of hydrogen-bond acceptors (Lipinski definition) is 12. The Hall–Kier alpha value is -5.40. The molecular formula is C35H46N6O12S. The number of benzene rings is 2. The van der Waals surface area contributed by atoms with E-state index in [1.807, 2.05) is 0 Å². The summed E-state index contributed by atoms with van der Waals surface area (Å²) in [5, 5.41) is 63.0. The van der Waals surface area contributed by atoms with Gasteiger partial charge in [0.1, 0.15) is 41.7 Å². The number of aliphatic carboxylic acids is 2. The van der Waals surface area contributed by atoms with Gasteiger partial charge in [0.25, 0.3) is 0 Å². The van der Waals surface area contributed by atoms with Crippen molar-refractivity contribution >= 4 is 53.2 Å². The molecule has 1 saturated heterocycles. The highest BCUT2D eigenvalue weighted by Crippen LogP contribution is 2.15. The van der Waals surface area contributed by atoms with Gasteiger partial charge >= 0.3 is 11.9 Å². The molecule has 5 amide bonds. The number of phenolic OH excluding ortho intramolecular Hbond substituents is 2. The van der Waals surface area contributed by atoms with Crippen LogP contribution in [0.3, 0.4) is 0 Å². The summed E-state index contributed by atoms with van der Waals surface area (Å²) in [6.45, 7) is -0.345. The average molecular weight is 775 g/mol. The number of carbonyl (C=O) groups is 7.